The first-order valence-corrected chi connectivity index (χ1v) is 9.50. The highest BCUT2D eigenvalue weighted by molar-refractivity contribution is 5.81. The summed E-state index contributed by atoms with van der Waals surface area (Å²) in [7, 11) is 0. The van der Waals surface area contributed by atoms with Gasteiger partial charge in [-0.1, -0.05) is 48.1 Å². The number of rotatable bonds is 11. The minimum atomic E-state index is -0.638. The molecule has 0 radical (unpaired) electrons. The maximum atomic E-state index is 12.1. The van der Waals surface area contributed by atoms with E-state index in [9.17, 15) is 9.59 Å². The third-order valence-corrected chi connectivity index (χ3v) is 4.46. The lowest BCUT2D eigenvalue weighted by atomic mass is 9.77. The van der Waals surface area contributed by atoms with Gasteiger partial charge in [0.1, 0.15) is 5.60 Å². The van der Waals surface area contributed by atoms with E-state index in [1.54, 1.807) is 0 Å². The third kappa shape index (κ3) is 10.5. The molecule has 0 fully saturated rings. The minimum Gasteiger partial charge on any atom is -0.457 e. The fourth-order valence-corrected chi connectivity index (χ4v) is 3.45. The van der Waals surface area contributed by atoms with Crippen LogP contribution >= 0.6 is 0 Å². The first-order valence-electron chi connectivity index (χ1n) is 9.50. The molecule has 1 atom stereocenters. The van der Waals surface area contributed by atoms with E-state index in [4.69, 9.17) is 9.47 Å². The summed E-state index contributed by atoms with van der Waals surface area (Å²) < 4.78 is 10.8. The molecule has 1 unspecified atom stereocenters. The van der Waals surface area contributed by atoms with Crippen LogP contribution in [0.2, 0.25) is 0 Å². The predicted octanol–water partition coefficient (Wildman–Crippen LogP) is 5.10. The van der Waals surface area contributed by atoms with Gasteiger partial charge in [0.15, 0.2) is 0 Å². The molecule has 1 amide bonds. The van der Waals surface area contributed by atoms with Gasteiger partial charge < -0.3 is 14.8 Å². The van der Waals surface area contributed by atoms with E-state index in [-0.39, 0.29) is 10.8 Å². The number of amides is 1. The summed E-state index contributed by atoms with van der Waals surface area (Å²) in [5.41, 5.74) is -0.890. The van der Waals surface area contributed by atoms with Crippen LogP contribution in [-0.4, -0.2) is 30.8 Å². The van der Waals surface area contributed by atoms with Gasteiger partial charge in [-0.15, -0.1) is 0 Å². The minimum absolute atomic E-state index is 0.0412. The smallest absolute Gasteiger partial charge is 0.407 e. The molecule has 0 spiro atoms. The summed E-state index contributed by atoms with van der Waals surface area (Å²) >= 11 is 0. The topological polar surface area (TPSA) is 64.6 Å². The van der Waals surface area contributed by atoms with Gasteiger partial charge in [-0.25, -0.2) is 9.59 Å². The lowest BCUT2D eigenvalue weighted by Crippen LogP contribution is -2.42. The number of hydrogen-bond acceptors (Lipinski definition) is 4. The quantitative estimate of drug-likeness (QED) is 0.406. The lowest BCUT2D eigenvalue weighted by Gasteiger charge is -2.36. The van der Waals surface area contributed by atoms with Crippen molar-refractivity contribution < 1.29 is 19.1 Å². The third-order valence-electron chi connectivity index (χ3n) is 4.46. The van der Waals surface area contributed by atoms with Crippen molar-refractivity contribution in [1.29, 1.82) is 0 Å². The zero-order chi connectivity index (χ0) is 20.6. The SMILES string of the molecule is C=CC(=O)OC(C)(C)CC(C)(CC)CNC(=O)OCC(C)(C)CC(C)C. The molecular formula is C21H39NO4. The first-order chi connectivity index (χ1) is 11.7. The van der Waals surface area contributed by atoms with Crippen molar-refractivity contribution in [2.24, 2.45) is 16.7 Å². The summed E-state index contributed by atoms with van der Waals surface area (Å²) in [4.78, 5) is 23.6. The fraction of sp³-hybridized carbons (Fsp3) is 0.810. The maximum Gasteiger partial charge on any atom is 0.407 e. The summed E-state index contributed by atoms with van der Waals surface area (Å²) in [6.45, 7) is 20.7. The van der Waals surface area contributed by atoms with Crippen LogP contribution in [-0.2, 0) is 14.3 Å². The van der Waals surface area contributed by atoms with Crippen molar-refractivity contribution in [3.8, 4) is 0 Å². The van der Waals surface area contributed by atoms with E-state index in [1.807, 2.05) is 13.8 Å². The highest BCUT2D eigenvalue weighted by atomic mass is 16.6. The van der Waals surface area contributed by atoms with E-state index in [0.29, 0.717) is 25.5 Å². The molecule has 0 rings (SSSR count). The Morgan fingerprint density at radius 3 is 2.19 bits per heavy atom. The van der Waals surface area contributed by atoms with E-state index in [2.05, 4.69) is 53.4 Å². The van der Waals surface area contributed by atoms with Crippen molar-refractivity contribution in [2.45, 2.75) is 80.3 Å². The second-order valence-corrected chi connectivity index (χ2v) is 9.42. The number of alkyl carbamates (subject to hydrolysis) is 1. The van der Waals surface area contributed by atoms with E-state index in [1.165, 1.54) is 6.08 Å². The lowest BCUT2D eigenvalue weighted by molar-refractivity contribution is -0.153. The van der Waals surface area contributed by atoms with Crippen LogP contribution in [0.15, 0.2) is 12.7 Å². The standard InChI is InChI=1S/C21H39NO4/c1-10-17(23)26-20(7,8)13-21(9,11-2)14-22-18(24)25-15-19(5,6)12-16(3)4/h10,16H,1,11-15H2,2-9H3,(H,22,24). The molecule has 0 aliphatic rings. The van der Waals surface area contributed by atoms with Crippen molar-refractivity contribution in [3.63, 3.8) is 0 Å². The van der Waals surface area contributed by atoms with Crippen molar-refractivity contribution in [3.05, 3.63) is 12.7 Å². The van der Waals surface area contributed by atoms with Gasteiger partial charge in [0.2, 0.25) is 0 Å². The molecule has 152 valence electrons. The Hall–Kier alpha value is -1.52. The largest absolute Gasteiger partial charge is 0.457 e. The average molecular weight is 370 g/mol. The molecular weight excluding hydrogens is 330 g/mol. The van der Waals surface area contributed by atoms with Crippen LogP contribution in [0.1, 0.15) is 74.7 Å². The van der Waals surface area contributed by atoms with Crippen molar-refractivity contribution >= 4 is 12.1 Å². The van der Waals surface area contributed by atoms with Crippen LogP contribution < -0.4 is 5.32 Å². The highest BCUT2D eigenvalue weighted by Gasteiger charge is 2.34. The predicted molar refractivity (Wildman–Crippen MR) is 106 cm³/mol. The Morgan fingerprint density at radius 1 is 1.15 bits per heavy atom. The van der Waals surface area contributed by atoms with Crippen LogP contribution in [0.5, 0.6) is 0 Å². The average Bonchev–Trinajstić information content (AvgIpc) is 2.48. The van der Waals surface area contributed by atoms with Crippen LogP contribution in [0.4, 0.5) is 4.79 Å². The molecule has 0 heterocycles. The van der Waals surface area contributed by atoms with Gasteiger partial charge in [0.05, 0.1) is 6.61 Å². The van der Waals surface area contributed by atoms with E-state index < -0.39 is 17.7 Å². The monoisotopic (exact) mass is 369 g/mol. The summed E-state index contributed by atoms with van der Waals surface area (Å²) in [5, 5.41) is 2.87. The Balaban J connectivity index is 4.60. The zero-order valence-electron chi connectivity index (χ0n) is 18.0. The van der Waals surface area contributed by atoms with Gasteiger partial charge in [0.25, 0.3) is 0 Å². The van der Waals surface area contributed by atoms with Crippen LogP contribution in [0.3, 0.4) is 0 Å². The first kappa shape index (κ1) is 24.5. The summed E-state index contributed by atoms with van der Waals surface area (Å²) in [6.07, 6.45) is 3.22. The molecule has 26 heavy (non-hydrogen) atoms. The molecule has 5 nitrogen and oxygen atoms in total. The van der Waals surface area contributed by atoms with E-state index in [0.717, 1.165) is 12.8 Å². The van der Waals surface area contributed by atoms with Crippen LogP contribution in [0, 0.1) is 16.7 Å². The fourth-order valence-electron chi connectivity index (χ4n) is 3.45. The molecule has 0 bridgehead atoms. The Labute approximate surface area is 159 Å². The second kappa shape index (κ2) is 9.98. The highest BCUT2D eigenvalue weighted by Crippen LogP contribution is 2.33. The maximum absolute atomic E-state index is 12.1. The van der Waals surface area contributed by atoms with Gasteiger partial charge in [-0.05, 0) is 49.9 Å². The summed E-state index contributed by atoms with van der Waals surface area (Å²) in [6, 6.07) is 0. The van der Waals surface area contributed by atoms with Gasteiger partial charge >= 0.3 is 12.1 Å². The number of carbonyl (C=O) groups excluding carboxylic acids is 2. The zero-order valence-corrected chi connectivity index (χ0v) is 18.0. The second-order valence-electron chi connectivity index (χ2n) is 9.42. The molecule has 5 heteroatoms. The number of esters is 1. The Morgan fingerprint density at radius 2 is 1.73 bits per heavy atom. The van der Waals surface area contributed by atoms with Crippen molar-refractivity contribution in [2.75, 3.05) is 13.2 Å². The van der Waals surface area contributed by atoms with Gasteiger partial charge in [0, 0.05) is 12.6 Å². The summed E-state index contributed by atoms with van der Waals surface area (Å²) in [5.74, 6) is 0.119. The Kier molecular flexibility index (Phi) is 9.40. The molecule has 0 aliphatic heterocycles. The van der Waals surface area contributed by atoms with E-state index >= 15 is 0 Å². The number of hydrogen-bond donors (Lipinski definition) is 1. The normalized spacial score (nSPS) is 14.5. The molecule has 0 aromatic heterocycles. The number of carbonyl (C=O) groups is 2. The van der Waals surface area contributed by atoms with Crippen LogP contribution in [0.25, 0.3) is 0 Å². The molecule has 0 aliphatic carbocycles. The number of ether oxygens (including phenoxy) is 2. The van der Waals surface area contributed by atoms with Gasteiger partial charge in [-0.2, -0.15) is 0 Å². The van der Waals surface area contributed by atoms with Gasteiger partial charge in [-0.3, -0.25) is 0 Å². The molecule has 0 aromatic rings. The molecule has 0 saturated heterocycles. The van der Waals surface area contributed by atoms with Crippen molar-refractivity contribution in [1.82, 2.24) is 5.32 Å². The molecule has 0 aromatic carbocycles. The molecule has 1 N–H and O–H groups in total. The Bertz CT molecular complexity index is 482. The molecule has 0 saturated carbocycles. The number of nitrogens with one attached hydrogen (secondary N) is 1.